The minimum Gasteiger partial charge on any atom is -0.399 e. The number of hydrogen-bond acceptors (Lipinski definition) is 1. The van der Waals surface area contributed by atoms with Gasteiger partial charge in [-0.1, -0.05) is 28.8 Å². The van der Waals surface area contributed by atoms with Crippen molar-refractivity contribution in [2.75, 3.05) is 0 Å². The molecule has 0 N–H and O–H groups in total. The summed E-state index contributed by atoms with van der Waals surface area (Å²) in [6, 6.07) is 1.83. The maximum Gasteiger partial charge on any atom is 0.573 e. The zero-order valence-corrected chi connectivity index (χ0v) is 14.7. The normalized spacial score (nSPS) is 21.8. The molecule has 0 aromatic heterocycles. The number of aryl methyl sites for hydroxylation is 1. The highest BCUT2D eigenvalue weighted by Crippen LogP contribution is 2.32. The first-order chi connectivity index (χ1) is 11.2. The van der Waals surface area contributed by atoms with Gasteiger partial charge in [0.2, 0.25) is 5.75 Å². The molecule has 1 saturated carbocycles. The number of hydrogen-bond donors (Lipinski definition) is 0. The van der Waals surface area contributed by atoms with Gasteiger partial charge in [0.1, 0.15) is 0 Å². The summed E-state index contributed by atoms with van der Waals surface area (Å²) >= 11 is 3.61. The van der Waals surface area contributed by atoms with Crippen LogP contribution in [0.4, 0.5) is 22.0 Å². The van der Waals surface area contributed by atoms with Crippen LogP contribution in [0.1, 0.15) is 50.5 Å². The van der Waals surface area contributed by atoms with Gasteiger partial charge in [-0.25, -0.2) is 8.78 Å². The Bertz CT molecular complexity index is 515. The summed E-state index contributed by atoms with van der Waals surface area (Å²) in [4.78, 5) is 0.622. The van der Waals surface area contributed by atoms with Crippen LogP contribution in [0.5, 0.6) is 5.75 Å². The maximum atomic E-state index is 13.6. The van der Waals surface area contributed by atoms with Gasteiger partial charge in [-0.15, -0.1) is 13.2 Å². The predicted molar refractivity (Wildman–Crippen MR) is 85.3 cm³/mol. The van der Waals surface area contributed by atoms with Crippen molar-refractivity contribution in [2.45, 2.75) is 62.6 Å². The summed E-state index contributed by atoms with van der Waals surface area (Å²) in [6.45, 7) is 0. The van der Waals surface area contributed by atoms with Crippen LogP contribution < -0.4 is 4.74 Å². The molecule has 7 heteroatoms. The Morgan fingerprint density at radius 3 is 2.12 bits per heavy atom. The van der Waals surface area contributed by atoms with Crippen LogP contribution >= 0.6 is 15.9 Å². The molecule has 1 aromatic carbocycles. The van der Waals surface area contributed by atoms with E-state index in [1.807, 2.05) is 0 Å². The average molecular weight is 415 g/mol. The maximum absolute atomic E-state index is 13.6. The summed E-state index contributed by atoms with van der Waals surface area (Å²) in [7, 11) is 0. The molecule has 0 radical (unpaired) electrons. The number of ether oxygens (including phenoxy) is 1. The summed E-state index contributed by atoms with van der Waals surface area (Å²) in [6.07, 6.45) is 2.87. The SMILES string of the molecule is Fc1cc(CCCCC2CCC(Br)CC2)cc(F)c1OC(F)(F)F. The minimum atomic E-state index is -5.11. The molecule has 1 aliphatic carbocycles. The summed E-state index contributed by atoms with van der Waals surface area (Å²) in [5, 5.41) is 0. The highest BCUT2D eigenvalue weighted by Gasteiger charge is 2.34. The van der Waals surface area contributed by atoms with E-state index in [9.17, 15) is 22.0 Å². The fraction of sp³-hybridized carbons (Fsp3) is 0.647. The lowest BCUT2D eigenvalue weighted by molar-refractivity contribution is -0.276. The lowest BCUT2D eigenvalue weighted by Crippen LogP contribution is -2.19. The molecule has 0 bridgehead atoms. The second kappa shape index (κ2) is 8.50. The van der Waals surface area contributed by atoms with Crippen molar-refractivity contribution >= 4 is 15.9 Å². The molecule has 0 aliphatic heterocycles. The van der Waals surface area contributed by atoms with E-state index in [0.29, 0.717) is 22.7 Å². The molecule has 0 amide bonds. The molecule has 0 spiro atoms. The quantitative estimate of drug-likeness (QED) is 0.292. The van der Waals surface area contributed by atoms with Gasteiger partial charge in [0.15, 0.2) is 11.6 Å². The van der Waals surface area contributed by atoms with Crippen molar-refractivity contribution < 1.29 is 26.7 Å². The molecule has 0 atom stereocenters. The molecule has 1 fully saturated rings. The van der Waals surface area contributed by atoms with Crippen LogP contribution in [0.25, 0.3) is 0 Å². The van der Waals surface area contributed by atoms with E-state index in [1.165, 1.54) is 25.7 Å². The van der Waals surface area contributed by atoms with E-state index >= 15 is 0 Å². The lowest BCUT2D eigenvalue weighted by Gasteiger charge is -2.25. The Morgan fingerprint density at radius 1 is 1.00 bits per heavy atom. The summed E-state index contributed by atoms with van der Waals surface area (Å²) in [5.74, 6) is -3.33. The van der Waals surface area contributed by atoms with Gasteiger partial charge in [-0.2, -0.15) is 0 Å². The molecule has 136 valence electrons. The molecule has 0 saturated heterocycles. The highest BCUT2D eigenvalue weighted by atomic mass is 79.9. The zero-order valence-electron chi connectivity index (χ0n) is 13.1. The lowest BCUT2D eigenvalue weighted by atomic mass is 9.85. The number of alkyl halides is 4. The van der Waals surface area contributed by atoms with Gasteiger partial charge in [0.05, 0.1) is 0 Å². The first-order valence-corrected chi connectivity index (χ1v) is 9.04. The van der Waals surface area contributed by atoms with Crippen LogP contribution in [-0.4, -0.2) is 11.2 Å². The largest absolute Gasteiger partial charge is 0.573 e. The third-order valence-corrected chi connectivity index (χ3v) is 5.30. The Kier molecular flexibility index (Phi) is 6.89. The molecular weight excluding hydrogens is 395 g/mol. The van der Waals surface area contributed by atoms with Gasteiger partial charge >= 0.3 is 6.36 Å². The molecule has 2 rings (SSSR count). The number of rotatable bonds is 6. The van der Waals surface area contributed by atoms with Crippen molar-refractivity contribution in [3.63, 3.8) is 0 Å². The van der Waals surface area contributed by atoms with E-state index in [-0.39, 0.29) is 0 Å². The Morgan fingerprint density at radius 2 is 1.58 bits per heavy atom. The third-order valence-electron chi connectivity index (χ3n) is 4.38. The van der Waals surface area contributed by atoms with E-state index in [2.05, 4.69) is 20.7 Å². The molecule has 1 nitrogen and oxygen atoms in total. The van der Waals surface area contributed by atoms with E-state index < -0.39 is 23.7 Å². The molecule has 0 unspecified atom stereocenters. The average Bonchev–Trinajstić information content (AvgIpc) is 2.48. The third kappa shape index (κ3) is 6.22. The first-order valence-electron chi connectivity index (χ1n) is 8.12. The van der Waals surface area contributed by atoms with E-state index in [0.717, 1.165) is 31.4 Å². The van der Waals surface area contributed by atoms with Gasteiger partial charge < -0.3 is 4.74 Å². The standard InChI is InChI=1S/C17H20BrF5O/c18-13-7-5-11(6-8-13)3-1-2-4-12-9-14(19)16(15(20)10-12)24-17(21,22)23/h9-11,13H,1-8H2. The van der Waals surface area contributed by atoms with Crippen molar-refractivity contribution in [3.05, 3.63) is 29.3 Å². The first kappa shape index (κ1) is 19.5. The van der Waals surface area contributed by atoms with Crippen LogP contribution in [0.3, 0.4) is 0 Å². The topological polar surface area (TPSA) is 9.23 Å². The molecule has 0 heterocycles. The summed E-state index contributed by atoms with van der Waals surface area (Å²) in [5.41, 5.74) is 0.351. The number of halogens is 6. The van der Waals surface area contributed by atoms with Crippen LogP contribution in [0.15, 0.2) is 12.1 Å². The smallest absolute Gasteiger partial charge is 0.399 e. The van der Waals surface area contributed by atoms with Crippen LogP contribution in [-0.2, 0) is 6.42 Å². The second-order valence-electron chi connectivity index (χ2n) is 6.30. The van der Waals surface area contributed by atoms with Gasteiger partial charge in [0, 0.05) is 4.83 Å². The van der Waals surface area contributed by atoms with Gasteiger partial charge in [-0.3, -0.25) is 0 Å². The Balaban J connectivity index is 1.81. The van der Waals surface area contributed by atoms with Crippen molar-refractivity contribution in [2.24, 2.45) is 5.92 Å². The monoisotopic (exact) mass is 414 g/mol. The zero-order chi connectivity index (χ0) is 17.7. The Labute approximate surface area is 146 Å². The second-order valence-corrected chi connectivity index (χ2v) is 7.60. The van der Waals surface area contributed by atoms with Gasteiger partial charge in [-0.05, 0) is 62.1 Å². The Hall–Kier alpha value is -0.850. The fourth-order valence-electron chi connectivity index (χ4n) is 3.14. The van der Waals surface area contributed by atoms with Crippen molar-refractivity contribution in [1.82, 2.24) is 0 Å². The van der Waals surface area contributed by atoms with Crippen LogP contribution in [0.2, 0.25) is 0 Å². The van der Waals surface area contributed by atoms with Gasteiger partial charge in [0.25, 0.3) is 0 Å². The summed E-state index contributed by atoms with van der Waals surface area (Å²) < 4.78 is 66.9. The molecule has 24 heavy (non-hydrogen) atoms. The van der Waals surface area contributed by atoms with Crippen LogP contribution in [0, 0.1) is 17.6 Å². The predicted octanol–water partition coefficient (Wildman–Crippen LogP) is 6.53. The van der Waals surface area contributed by atoms with Crippen molar-refractivity contribution in [1.29, 1.82) is 0 Å². The van der Waals surface area contributed by atoms with E-state index in [4.69, 9.17) is 0 Å². The minimum absolute atomic E-state index is 0.351. The number of unbranched alkanes of at least 4 members (excludes halogenated alkanes) is 1. The molecule has 1 aliphatic rings. The fourth-order valence-corrected chi connectivity index (χ4v) is 3.67. The highest BCUT2D eigenvalue weighted by molar-refractivity contribution is 9.09. The van der Waals surface area contributed by atoms with Crippen molar-refractivity contribution in [3.8, 4) is 5.75 Å². The van der Waals surface area contributed by atoms with E-state index in [1.54, 1.807) is 0 Å². The molecule has 1 aromatic rings. The molecular formula is C17H20BrF5O. The number of benzene rings is 1.